The Hall–Kier alpha value is -1.29. The van der Waals surface area contributed by atoms with Gasteiger partial charge in [0.2, 0.25) is 0 Å². The summed E-state index contributed by atoms with van der Waals surface area (Å²) in [6, 6.07) is 21.3. The Morgan fingerprint density at radius 1 is 1.11 bits per heavy atom. The molecule has 0 aromatic heterocycles. The van der Waals surface area contributed by atoms with Crippen LogP contribution in [0, 0.1) is 0 Å². The van der Waals surface area contributed by atoms with Gasteiger partial charge in [0.05, 0.1) is 18.8 Å². The Morgan fingerprint density at radius 2 is 1.72 bits per heavy atom. The molecule has 1 aliphatic heterocycles. The van der Waals surface area contributed by atoms with Gasteiger partial charge in [-0.1, -0.05) is 87.5 Å². The van der Waals surface area contributed by atoms with Crippen molar-refractivity contribution in [3.05, 3.63) is 83.0 Å². The van der Waals surface area contributed by atoms with Gasteiger partial charge in [-0.2, -0.15) is 0 Å². The quantitative estimate of drug-likeness (QED) is 0.177. The van der Waals surface area contributed by atoms with E-state index in [1.807, 2.05) is 0 Å². The van der Waals surface area contributed by atoms with Crippen molar-refractivity contribution in [2.75, 3.05) is 13.2 Å². The van der Waals surface area contributed by atoms with Crippen molar-refractivity contribution in [2.45, 2.75) is 76.4 Å². The zero-order valence-corrected chi connectivity index (χ0v) is 25.0. The molecule has 0 aliphatic carbocycles. The lowest BCUT2D eigenvalue weighted by atomic mass is 10.1. The standard InChI is InChI=1S/C30H41IO4Si/c1-5-25(32)23-26(22-24(31)19-21-34-29-18-12-13-20-33-29)35-36(30(2,3)4,27-14-8-6-9-15-27)28-16-10-7-11-17-28/h5-11,14-17,19,25-26,29,32H,1,12-13,18,20-23H2,2-4H3. The summed E-state index contributed by atoms with van der Waals surface area (Å²) < 4.78 is 20.1. The van der Waals surface area contributed by atoms with Gasteiger partial charge in [0, 0.05) is 19.4 Å². The van der Waals surface area contributed by atoms with Gasteiger partial charge in [0.25, 0.3) is 8.32 Å². The van der Waals surface area contributed by atoms with Crippen LogP contribution in [0.4, 0.5) is 0 Å². The van der Waals surface area contributed by atoms with E-state index in [1.54, 1.807) is 6.08 Å². The van der Waals surface area contributed by atoms with Gasteiger partial charge >= 0.3 is 0 Å². The van der Waals surface area contributed by atoms with E-state index in [0.717, 1.165) is 29.4 Å². The molecule has 0 saturated carbocycles. The number of benzene rings is 2. The third-order valence-corrected chi connectivity index (χ3v) is 12.7. The fourth-order valence-electron chi connectivity index (χ4n) is 4.87. The van der Waals surface area contributed by atoms with Crippen molar-refractivity contribution in [2.24, 2.45) is 0 Å². The minimum Gasteiger partial charge on any atom is -0.404 e. The van der Waals surface area contributed by atoms with Gasteiger partial charge in [-0.3, -0.25) is 0 Å². The monoisotopic (exact) mass is 620 g/mol. The first-order valence-electron chi connectivity index (χ1n) is 12.9. The Kier molecular flexibility index (Phi) is 11.4. The predicted molar refractivity (Wildman–Crippen MR) is 160 cm³/mol. The van der Waals surface area contributed by atoms with Crippen LogP contribution in [0.25, 0.3) is 0 Å². The van der Waals surface area contributed by atoms with E-state index in [2.05, 4.69) is 117 Å². The highest BCUT2D eigenvalue weighted by atomic mass is 127. The summed E-state index contributed by atoms with van der Waals surface area (Å²) in [5.41, 5.74) is 0. The third-order valence-electron chi connectivity index (χ3n) is 6.68. The lowest BCUT2D eigenvalue weighted by molar-refractivity contribution is -0.155. The molecule has 3 unspecified atom stereocenters. The van der Waals surface area contributed by atoms with Crippen molar-refractivity contribution in [1.82, 2.24) is 0 Å². The maximum absolute atomic E-state index is 10.6. The molecular weight excluding hydrogens is 579 g/mol. The molecule has 1 N–H and O–H groups in total. The van der Waals surface area contributed by atoms with Gasteiger partial charge in [-0.15, -0.1) is 6.58 Å². The number of aliphatic hydroxyl groups excluding tert-OH is 1. The van der Waals surface area contributed by atoms with E-state index in [9.17, 15) is 5.11 Å². The third kappa shape index (κ3) is 7.85. The molecule has 2 aromatic rings. The fourth-order valence-corrected chi connectivity index (χ4v) is 10.2. The first-order valence-corrected chi connectivity index (χ1v) is 15.9. The van der Waals surface area contributed by atoms with Crippen molar-refractivity contribution < 1.29 is 19.0 Å². The molecular formula is C30H41IO4Si. The van der Waals surface area contributed by atoms with Crippen LogP contribution in [-0.4, -0.2) is 45.1 Å². The van der Waals surface area contributed by atoms with Gasteiger partial charge in [-0.25, -0.2) is 0 Å². The summed E-state index contributed by atoms with van der Waals surface area (Å²) in [5, 5.41) is 12.9. The Bertz CT molecular complexity index is 912. The molecule has 1 heterocycles. The summed E-state index contributed by atoms with van der Waals surface area (Å²) in [6.07, 6.45) is 7.19. The molecule has 3 atom stereocenters. The van der Waals surface area contributed by atoms with E-state index in [4.69, 9.17) is 13.9 Å². The van der Waals surface area contributed by atoms with Crippen molar-refractivity contribution in [3.63, 3.8) is 0 Å². The predicted octanol–water partition coefficient (Wildman–Crippen LogP) is 6.12. The molecule has 0 bridgehead atoms. The summed E-state index contributed by atoms with van der Waals surface area (Å²) in [4.78, 5) is 0. The molecule has 0 radical (unpaired) electrons. The number of hydrogen-bond acceptors (Lipinski definition) is 4. The van der Waals surface area contributed by atoms with Crippen LogP contribution in [0.2, 0.25) is 5.04 Å². The van der Waals surface area contributed by atoms with Crippen LogP contribution in [0.15, 0.2) is 83.0 Å². The molecule has 2 aromatic carbocycles. The Morgan fingerprint density at radius 3 is 2.22 bits per heavy atom. The Labute approximate surface area is 232 Å². The minimum absolute atomic E-state index is 0.106. The average Bonchev–Trinajstić information content (AvgIpc) is 2.88. The zero-order valence-electron chi connectivity index (χ0n) is 21.9. The minimum atomic E-state index is -2.74. The lowest BCUT2D eigenvalue weighted by Crippen LogP contribution is -2.67. The van der Waals surface area contributed by atoms with Gasteiger partial charge in [0.1, 0.15) is 0 Å². The lowest BCUT2D eigenvalue weighted by Gasteiger charge is -2.45. The molecule has 6 heteroatoms. The van der Waals surface area contributed by atoms with Crippen LogP contribution in [0.3, 0.4) is 0 Å². The molecule has 3 rings (SSSR count). The zero-order chi connectivity index (χ0) is 26.0. The smallest absolute Gasteiger partial charge is 0.261 e. The highest BCUT2D eigenvalue weighted by molar-refractivity contribution is 14.1. The Balaban J connectivity index is 1.91. The molecule has 36 heavy (non-hydrogen) atoms. The summed E-state index contributed by atoms with van der Waals surface area (Å²) >= 11 is 2.38. The highest BCUT2D eigenvalue weighted by Gasteiger charge is 2.51. The van der Waals surface area contributed by atoms with Gasteiger partial charge in [0.15, 0.2) is 6.29 Å². The number of aliphatic hydroxyl groups is 1. The van der Waals surface area contributed by atoms with Crippen LogP contribution in [0.5, 0.6) is 0 Å². The summed E-state index contributed by atoms with van der Waals surface area (Å²) in [6.45, 7) is 11.9. The molecule has 0 amide bonds. The van der Waals surface area contributed by atoms with E-state index in [-0.39, 0.29) is 17.4 Å². The van der Waals surface area contributed by atoms with E-state index < -0.39 is 14.4 Å². The SMILES string of the molecule is C=CC(O)CC(CC(I)=CCOC1CCCCO1)O[Si](c1ccccc1)(c1ccccc1)C(C)(C)C. The second-order valence-corrected chi connectivity index (χ2v) is 16.1. The second kappa shape index (κ2) is 14.0. The topological polar surface area (TPSA) is 47.9 Å². The average molecular weight is 621 g/mol. The molecule has 196 valence electrons. The molecule has 4 nitrogen and oxygen atoms in total. The molecule has 0 spiro atoms. The van der Waals surface area contributed by atoms with E-state index in [1.165, 1.54) is 10.4 Å². The first-order chi connectivity index (χ1) is 17.3. The maximum Gasteiger partial charge on any atom is 0.261 e. The highest BCUT2D eigenvalue weighted by Crippen LogP contribution is 2.39. The van der Waals surface area contributed by atoms with Crippen molar-refractivity contribution in [3.8, 4) is 0 Å². The van der Waals surface area contributed by atoms with Crippen LogP contribution < -0.4 is 10.4 Å². The largest absolute Gasteiger partial charge is 0.404 e. The number of ether oxygens (including phenoxy) is 2. The van der Waals surface area contributed by atoms with Crippen LogP contribution >= 0.6 is 22.6 Å². The number of rotatable bonds is 12. The van der Waals surface area contributed by atoms with Crippen molar-refractivity contribution in [1.29, 1.82) is 0 Å². The summed E-state index contributed by atoms with van der Waals surface area (Å²) in [7, 11) is -2.74. The van der Waals surface area contributed by atoms with Crippen molar-refractivity contribution >= 4 is 41.3 Å². The number of halogens is 1. The molecule has 1 aliphatic rings. The normalized spacial score (nSPS) is 19.0. The fraction of sp³-hybridized carbons (Fsp3) is 0.467. The second-order valence-electron chi connectivity index (χ2n) is 10.4. The molecule has 1 saturated heterocycles. The van der Waals surface area contributed by atoms with Crippen LogP contribution in [-0.2, 0) is 13.9 Å². The van der Waals surface area contributed by atoms with E-state index in [0.29, 0.717) is 19.4 Å². The first kappa shape index (κ1) is 29.3. The van der Waals surface area contributed by atoms with E-state index >= 15 is 0 Å². The van der Waals surface area contributed by atoms with Gasteiger partial charge < -0.3 is 19.0 Å². The van der Waals surface area contributed by atoms with Gasteiger partial charge in [-0.05, 0) is 66.9 Å². The maximum atomic E-state index is 10.6. The number of hydrogen-bond donors (Lipinski definition) is 1. The molecule has 1 fully saturated rings. The summed E-state index contributed by atoms with van der Waals surface area (Å²) in [5.74, 6) is 0. The van der Waals surface area contributed by atoms with Crippen LogP contribution in [0.1, 0.15) is 52.9 Å².